The van der Waals surface area contributed by atoms with Crippen LogP contribution in [0, 0.1) is 23.5 Å². The highest BCUT2D eigenvalue weighted by molar-refractivity contribution is 7.89. The molecule has 0 fully saturated rings. The van der Waals surface area contributed by atoms with Crippen molar-refractivity contribution in [2.24, 2.45) is 11.8 Å². The van der Waals surface area contributed by atoms with Gasteiger partial charge >= 0.3 is 0 Å². The van der Waals surface area contributed by atoms with Crippen molar-refractivity contribution < 1.29 is 31.9 Å². The first-order valence-corrected chi connectivity index (χ1v) is 16.9. The molecule has 0 aromatic heterocycles. The average molecular weight is 674 g/mol. The highest BCUT2D eigenvalue weighted by Gasteiger charge is 2.33. The maximum atomic E-state index is 13.7. The molecule has 3 atom stereocenters. The molecule has 256 valence electrons. The Kier molecular flexibility index (Phi) is 13.8. The molecule has 0 bridgehead atoms. The predicted molar refractivity (Wildman–Crippen MR) is 177 cm³/mol. The molecule has 2 amide bonds. The number of rotatable bonds is 17. The Labute approximate surface area is 275 Å². The van der Waals surface area contributed by atoms with Crippen LogP contribution in [0.1, 0.15) is 38.8 Å². The number of hydrogen-bond acceptors (Lipinski definition) is 7. The smallest absolute Gasteiger partial charge is 0.243 e. The van der Waals surface area contributed by atoms with Crippen molar-refractivity contribution in [3.8, 4) is 0 Å². The van der Waals surface area contributed by atoms with Gasteiger partial charge in [-0.3, -0.25) is 9.59 Å². The molecular formula is C34H45F2N5O5S. The zero-order valence-corrected chi connectivity index (χ0v) is 27.9. The van der Waals surface area contributed by atoms with E-state index in [1.165, 1.54) is 16.4 Å². The van der Waals surface area contributed by atoms with Crippen molar-refractivity contribution in [3.63, 3.8) is 0 Å². The molecule has 13 heteroatoms. The van der Waals surface area contributed by atoms with Crippen LogP contribution in [0.3, 0.4) is 0 Å². The summed E-state index contributed by atoms with van der Waals surface area (Å²) in [7, 11) is -4.05. The van der Waals surface area contributed by atoms with Gasteiger partial charge in [-0.25, -0.2) is 17.2 Å². The highest BCUT2D eigenvalue weighted by atomic mass is 32.2. The maximum Gasteiger partial charge on any atom is 0.243 e. The zero-order chi connectivity index (χ0) is 34.7. The van der Waals surface area contributed by atoms with Crippen LogP contribution in [0.4, 0.5) is 14.5 Å². The van der Waals surface area contributed by atoms with E-state index in [9.17, 15) is 31.9 Å². The van der Waals surface area contributed by atoms with Crippen LogP contribution in [0.5, 0.6) is 0 Å². The molecule has 0 heterocycles. The number of anilines is 1. The summed E-state index contributed by atoms with van der Waals surface area (Å²) in [5, 5.41) is 19.9. The molecule has 3 aromatic carbocycles. The number of aliphatic hydroxyl groups is 1. The van der Waals surface area contributed by atoms with Gasteiger partial charge in [0.25, 0.3) is 0 Å². The zero-order valence-electron chi connectivity index (χ0n) is 27.1. The van der Waals surface area contributed by atoms with Crippen molar-refractivity contribution in [3.05, 3.63) is 95.6 Å². The van der Waals surface area contributed by atoms with Crippen LogP contribution in [-0.2, 0) is 32.6 Å². The van der Waals surface area contributed by atoms with Crippen molar-refractivity contribution >= 4 is 27.5 Å². The standard InChI is InChI=1S/C34H45F2N5O5S/c1-22(2)20-41(47(45,46)29-12-8-11-28(37)17-29)21-31(42)30(15-24-9-6-5-7-10-24)39-34(44)33(23(3)4)40-32(43)19-38-18-25-13-26(35)16-27(36)14-25/h5-14,16-17,22-23,30-31,33,38,42H,15,18-21,37H2,1-4H3,(H,39,44)(H,40,43)/t30-,31+,33-/m0/s1. The Bertz CT molecular complexity index is 1570. The van der Waals surface area contributed by atoms with Gasteiger partial charge < -0.3 is 26.8 Å². The number of aliphatic hydroxyl groups excluding tert-OH is 1. The maximum absolute atomic E-state index is 13.7. The van der Waals surface area contributed by atoms with E-state index in [-0.39, 0.29) is 55.0 Å². The second-order valence-corrected chi connectivity index (χ2v) is 14.3. The van der Waals surface area contributed by atoms with Gasteiger partial charge in [0.05, 0.1) is 23.6 Å². The number of amides is 2. The quantitative estimate of drug-likeness (QED) is 0.138. The number of halogens is 2. The molecule has 0 spiro atoms. The van der Waals surface area contributed by atoms with Crippen molar-refractivity contribution in [2.75, 3.05) is 25.4 Å². The topological polar surface area (TPSA) is 154 Å². The van der Waals surface area contributed by atoms with E-state index in [0.717, 1.165) is 23.8 Å². The minimum absolute atomic E-state index is 0.00674. The van der Waals surface area contributed by atoms with Crippen LogP contribution in [0.15, 0.2) is 77.7 Å². The van der Waals surface area contributed by atoms with Crippen LogP contribution in [-0.4, -0.2) is 67.5 Å². The van der Waals surface area contributed by atoms with E-state index < -0.39 is 51.7 Å². The van der Waals surface area contributed by atoms with Crippen LogP contribution in [0.25, 0.3) is 0 Å². The van der Waals surface area contributed by atoms with Gasteiger partial charge in [-0.05, 0) is 59.7 Å². The Balaban J connectivity index is 1.77. The van der Waals surface area contributed by atoms with Gasteiger partial charge in [0.1, 0.15) is 17.7 Å². The van der Waals surface area contributed by atoms with Crippen molar-refractivity contribution in [2.45, 2.75) is 63.7 Å². The summed E-state index contributed by atoms with van der Waals surface area (Å²) in [5.74, 6) is -2.97. The summed E-state index contributed by atoms with van der Waals surface area (Å²) in [6, 6.07) is 16.2. The van der Waals surface area contributed by atoms with Crippen LogP contribution >= 0.6 is 0 Å². The Morgan fingerprint density at radius 1 is 0.872 bits per heavy atom. The fraction of sp³-hybridized carbons (Fsp3) is 0.412. The van der Waals surface area contributed by atoms with E-state index in [1.807, 2.05) is 44.2 Å². The summed E-state index contributed by atoms with van der Waals surface area (Å²) in [6.07, 6.45) is -1.14. The number of carbonyl (C=O) groups is 2. The van der Waals surface area contributed by atoms with Gasteiger partial charge in [-0.1, -0.05) is 64.1 Å². The summed E-state index contributed by atoms with van der Waals surface area (Å²) < 4.78 is 55.5. The minimum atomic E-state index is -4.05. The van der Waals surface area contributed by atoms with Gasteiger partial charge in [-0.2, -0.15) is 4.31 Å². The molecule has 0 radical (unpaired) electrons. The normalized spacial score (nSPS) is 13.8. The monoisotopic (exact) mass is 673 g/mol. The van der Waals surface area contributed by atoms with Gasteiger partial charge in [0, 0.05) is 31.4 Å². The number of sulfonamides is 1. The molecule has 47 heavy (non-hydrogen) atoms. The number of hydrogen-bond donors (Lipinski definition) is 5. The molecule has 0 aliphatic heterocycles. The molecule has 0 aliphatic carbocycles. The second-order valence-electron chi connectivity index (χ2n) is 12.3. The fourth-order valence-corrected chi connectivity index (χ4v) is 6.73. The first kappa shape index (κ1) is 37.5. The molecule has 0 aliphatic rings. The summed E-state index contributed by atoms with van der Waals surface area (Å²) in [4.78, 5) is 26.4. The molecule has 0 saturated carbocycles. The molecule has 0 unspecified atom stereocenters. The predicted octanol–water partition coefficient (Wildman–Crippen LogP) is 3.21. The number of nitrogens with zero attached hydrogens (tertiary/aromatic N) is 1. The SMILES string of the molecule is CC(C)CN(C[C@@H](O)[C@H](Cc1ccccc1)NC(=O)[C@@H](NC(=O)CNCc1cc(F)cc(F)c1)C(C)C)S(=O)(=O)c1cccc(N)c1. The van der Waals surface area contributed by atoms with Gasteiger partial charge in [0.2, 0.25) is 21.8 Å². The van der Waals surface area contributed by atoms with Crippen LogP contribution < -0.4 is 21.7 Å². The third-order valence-corrected chi connectivity index (χ3v) is 9.18. The van der Waals surface area contributed by atoms with Crippen LogP contribution in [0.2, 0.25) is 0 Å². The van der Waals surface area contributed by atoms with Crippen molar-refractivity contribution in [1.29, 1.82) is 0 Å². The first-order chi connectivity index (χ1) is 22.1. The Morgan fingerprint density at radius 2 is 1.53 bits per heavy atom. The first-order valence-electron chi connectivity index (χ1n) is 15.5. The molecule has 10 nitrogen and oxygen atoms in total. The number of nitrogen functional groups attached to an aromatic ring is 1. The van der Waals surface area contributed by atoms with Crippen molar-refractivity contribution in [1.82, 2.24) is 20.3 Å². The number of carbonyl (C=O) groups excluding carboxylic acids is 2. The third kappa shape index (κ3) is 11.7. The second kappa shape index (κ2) is 17.3. The molecule has 0 saturated heterocycles. The summed E-state index contributed by atoms with van der Waals surface area (Å²) in [6.45, 7) is 6.82. The average Bonchev–Trinajstić information content (AvgIpc) is 2.98. The number of nitrogens with one attached hydrogen (secondary N) is 3. The Hall–Kier alpha value is -3.91. The number of nitrogens with two attached hydrogens (primary N) is 1. The van der Waals surface area contributed by atoms with Gasteiger partial charge in [-0.15, -0.1) is 0 Å². The third-order valence-electron chi connectivity index (χ3n) is 7.35. The molecule has 3 rings (SSSR count). The number of benzene rings is 3. The summed E-state index contributed by atoms with van der Waals surface area (Å²) in [5.41, 5.74) is 7.26. The summed E-state index contributed by atoms with van der Waals surface area (Å²) >= 11 is 0. The molecule has 6 N–H and O–H groups in total. The van der Waals surface area contributed by atoms with E-state index in [1.54, 1.807) is 26.0 Å². The Morgan fingerprint density at radius 3 is 2.13 bits per heavy atom. The van der Waals surface area contributed by atoms with E-state index >= 15 is 0 Å². The largest absolute Gasteiger partial charge is 0.399 e. The lowest BCUT2D eigenvalue weighted by Crippen LogP contribution is -2.57. The fourth-order valence-electron chi connectivity index (χ4n) is 5.05. The lowest BCUT2D eigenvalue weighted by molar-refractivity contribution is -0.130. The van der Waals surface area contributed by atoms with E-state index in [0.29, 0.717) is 5.56 Å². The van der Waals surface area contributed by atoms with Gasteiger partial charge in [0.15, 0.2) is 0 Å². The van der Waals surface area contributed by atoms with E-state index in [2.05, 4.69) is 16.0 Å². The minimum Gasteiger partial charge on any atom is -0.399 e. The highest BCUT2D eigenvalue weighted by Crippen LogP contribution is 2.21. The lowest BCUT2D eigenvalue weighted by Gasteiger charge is -2.32. The lowest BCUT2D eigenvalue weighted by atomic mass is 9.98. The molecule has 3 aromatic rings. The van der Waals surface area contributed by atoms with E-state index in [4.69, 9.17) is 5.73 Å². The molecular weight excluding hydrogens is 628 g/mol.